The molecule has 0 spiro atoms. The van der Waals surface area contributed by atoms with Gasteiger partial charge in [0.1, 0.15) is 5.75 Å². The van der Waals surface area contributed by atoms with E-state index in [1.807, 2.05) is 24.4 Å². The Morgan fingerprint density at radius 3 is 3.08 bits per heavy atom. The summed E-state index contributed by atoms with van der Waals surface area (Å²) in [5.41, 5.74) is 1.12. The van der Waals surface area contributed by atoms with Crippen LogP contribution in [0.1, 0.15) is 0 Å². The van der Waals surface area contributed by atoms with Crippen molar-refractivity contribution in [3.8, 4) is 5.75 Å². The molecule has 0 aliphatic carbocycles. The van der Waals surface area contributed by atoms with Crippen LogP contribution in [0.15, 0.2) is 30.5 Å². The van der Waals surface area contributed by atoms with Crippen molar-refractivity contribution < 1.29 is 4.74 Å². The van der Waals surface area contributed by atoms with Crippen molar-refractivity contribution in [1.29, 1.82) is 0 Å². The number of ether oxygens (including phenoxy) is 1. The lowest BCUT2D eigenvalue weighted by molar-refractivity contribution is 0.345. The third kappa shape index (κ3) is 1.86. The molecule has 2 rings (SSSR count). The van der Waals surface area contributed by atoms with E-state index in [9.17, 15) is 0 Å². The maximum absolute atomic E-state index is 5.47. The third-order valence-electron chi connectivity index (χ3n) is 1.87. The number of rotatable bonds is 3. The Morgan fingerprint density at radius 2 is 2.23 bits per heavy atom. The standard InChI is InChI=1S/C10H10BrNO/c11-4-6-13-9-2-1-8-3-5-12-10(8)7-9/h1-3,5,7,12H,4,6H2. The van der Waals surface area contributed by atoms with Crippen molar-refractivity contribution in [2.45, 2.75) is 0 Å². The lowest BCUT2D eigenvalue weighted by Crippen LogP contribution is -1.97. The predicted octanol–water partition coefficient (Wildman–Crippen LogP) is 2.94. The SMILES string of the molecule is BrCCOc1ccc2cc[nH]c2c1. The summed E-state index contributed by atoms with van der Waals surface area (Å²) >= 11 is 3.32. The average Bonchev–Trinajstić information content (AvgIpc) is 2.61. The fourth-order valence-electron chi connectivity index (χ4n) is 1.27. The largest absolute Gasteiger partial charge is 0.493 e. The highest BCUT2D eigenvalue weighted by molar-refractivity contribution is 9.09. The van der Waals surface area contributed by atoms with Gasteiger partial charge in [-0.2, -0.15) is 0 Å². The molecule has 0 saturated heterocycles. The summed E-state index contributed by atoms with van der Waals surface area (Å²) in [6.07, 6.45) is 1.93. The second kappa shape index (κ2) is 3.83. The minimum atomic E-state index is 0.701. The smallest absolute Gasteiger partial charge is 0.121 e. The molecule has 1 aromatic heterocycles. The van der Waals surface area contributed by atoms with E-state index < -0.39 is 0 Å². The number of H-pyrrole nitrogens is 1. The molecule has 0 atom stereocenters. The molecular formula is C10H10BrNO. The normalized spacial score (nSPS) is 10.5. The van der Waals surface area contributed by atoms with Crippen molar-refractivity contribution in [1.82, 2.24) is 4.98 Å². The lowest BCUT2D eigenvalue weighted by atomic mass is 10.2. The van der Waals surface area contributed by atoms with Gasteiger partial charge in [-0.15, -0.1) is 0 Å². The topological polar surface area (TPSA) is 25.0 Å². The number of alkyl halides is 1. The minimum absolute atomic E-state index is 0.701. The van der Waals surface area contributed by atoms with Gasteiger partial charge in [0.15, 0.2) is 0 Å². The zero-order valence-corrected chi connectivity index (χ0v) is 8.67. The van der Waals surface area contributed by atoms with Crippen LogP contribution < -0.4 is 4.74 Å². The van der Waals surface area contributed by atoms with Gasteiger partial charge in [0.05, 0.1) is 6.61 Å². The van der Waals surface area contributed by atoms with Crippen LogP contribution in [0.5, 0.6) is 5.75 Å². The van der Waals surface area contributed by atoms with E-state index >= 15 is 0 Å². The number of aromatic amines is 1. The van der Waals surface area contributed by atoms with Crippen molar-refractivity contribution in [2.75, 3.05) is 11.9 Å². The molecule has 68 valence electrons. The van der Waals surface area contributed by atoms with Crippen LogP contribution in [-0.4, -0.2) is 16.9 Å². The molecule has 1 heterocycles. The summed E-state index contributed by atoms with van der Waals surface area (Å²) in [5.74, 6) is 0.911. The Bertz CT molecular complexity index is 396. The number of benzene rings is 1. The molecular weight excluding hydrogens is 230 g/mol. The van der Waals surface area contributed by atoms with E-state index in [2.05, 4.69) is 27.0 Å². The van der Waals surface area contributed by atoms with Crippen LogP contribution in [-0.2, 0) is 0 Å². The Labute approximate surface area is 85.0 Å². The van der Waals surface area contributed by atoms with Crippen molar-refractivity contribution in [2.24, 2.45) is 0 Å². The molecule has 2 aromatic rings. The molecule has 13 heavy (non-hydrogen) atoms. The van der Waals surface area contributed by atoms with Gasteiger partial charge in [0, 0.05) is 23.1 Å². The first kappa shape index (κ1) is 8.63. The molecule has 2 nitrogen and oxygen atoms in total. The minimum Gasteiger partial charge on any atom is -0.493 e. The maximum atomic E-state index is 5.47. The van der Waals surface area contributed by atoms with Gasteiger partial charge in [-0.3, -0.25) is 0 Å². The zero-order valence-electron chi connectivity index (χ0n) is 7.09. The molecule has 3 heteroatoms. The molecule has 0 aliphatic heterocycles. The van der Waals surface area contributed by atoms with Gasteiger partial charge in [-0.25, -0.2) is 0 Å². The van der Waals surface area contributed by atoms with Crippen LogP contribution in [0.25, 0.3) is 10.9 Å². The lowest BCUT2D eigenvalue weighted by Gasteiger charge is -2.02. The fraction of sp³-hybridized carbons (Fsp3) is 0.200. The van der Waals surface area contributed by atoms with E-state index in [0.29, 0.717) is 6.61 Å². The molecule has 0 bridgehead atoms. The summed E-state index contributed by atoms with van der Waals surface area (Å²) < 4.78 is 5.47. The quantitative estimate of drug-likeness (QED) is 0.819. The van der Waals surface area contributed by atoms with Crippen LogP contribution in [0.3, 0.4) is 0 Å². The highest BCUT2D eigenvalue weighted by atomic mass is 79.9. The van der Waals surface area contributed by atoms with E-state index in [-0.39, 0.29) is 0 Å². The van der Waals surface area contributed by atoms with E-state index in [1.165, 1.54) is 5.39 Å². The van der Waals surface area contributed by atoms with Crippen molar-refractivity contribution in [3.05, 3.63) is 30.5 Å². The Kier molecular flexibility index (Phi) is 2.54. The first-order valence-corrected chi connectivity index (χ1v) is 5.28. The molecule has 1 aromatic carbocycles. The van der Waals surface area contributed by atoms with E-state index in [4.69, 9.17) is 4.74 Å². The Hall–Kier alpha value is -0.960. The monoisotopic (exact) mass is 239 g/mol. The summed E-state index contributed by atoms with van der Waals surface area (Å²) in [5, 5.41) is 2.07. The Morgan fingerprint density at radius 1 is 1.31 bits per heavy atom. The van der Waals surface area contributed by atoms with Crippen LogP contribution in [0.2, 0.25) is 0 Å². The van der Waals surface area contributed by atoms with E-state index in [0.717, 1.165) is 16.6 Å². The maximum Gasteiger partial charge on any atom is 0.121 e. The summed E-state index contributed by atoms with van der Waals surface area (Å²) in [4.78, 5) is 3.14. The molecule has 0 unspecified atom stereocenters. The van der Waals surface area contributed by atoms with Crippen LogP contribution in [0.4, 0.5) is 0 Å². The molecule has 0 saturated carbocycles. The molecule has 0 radical (unpaired) electrons. The van der Waals surface area contributed by atoms with E-state index in [1.54, 1.807) is 0 Å². The fourth-order valence-corrected chi connectivity index (χ4v) is 1.44. The second-order valence-electron chi connectivity index (χ2n) is 2.76. The first-order chi connectivity index (χ1) is 6.40. The number of nitrogens with one attached hydrogen (secondary N) is 1. The molecule has 0 amide bonds. The average molecular weight is 240 g/mol. The van der Waals surface area contributed by atoms with Gasteiger partial charge in [-0.05, 0) is 23.6 Å². The number of halogens is 1. The summed E-state index contributed by atoms with van der Waals surface area (Å²) in [6.45, 7) is 0.701. The van der Waals surface area contributed by atoms with Crippen LogP contribution in [0, 0.1) is 0 Å². The molecule has 1 N–H and O–H groups in total. The van der Waals surface area contributed by atoms with Gasteiger partial charge < -0.3 is 9.72 Å². The van der Waals surface area contributed by atoms with Gasteiger partial charge in [0.25, 0.3) is 0 Å². The molecule has 0 aliphatic rings. The van der Waals surface area contributed by atoms with Crippen molar-refractivity contribution >= 4 is 26.8 Å². The van der Waals surface area contributed by atoms with Gasteiger partial charge in [-0.1, -0.05) is 15.9 Å². The number of aromatic nitrogens is 1. The summed E-state index contributed by atoms with van der Waals surface area (Å²) in [6, 6.07) is 8.09. The number of fused-ring (bicyclic) bond motifs is 1. The number of hydrogen-bond acceptors (Lipinski definition) is 1. The van der Waals surface area contributed by atoms with Crippen LogP contribution >= 0.6 is 15.9 Å². The summed E-state index contributed by atoms with van der Waals surface area (Å²) in [7, 11) is 0. The highest BCUT2D eigenvalue weighted by Crippen LogP contribution is 2.19. The van der Waals surface area contributed by atoms with Crippen molar-refractivity contribution in [3.63, 3.8) is 0 Å². The zero-order chi connectivity index (χ0) is 9.10. The molecule has 0 fully saturated rings. The third-order valence-corrected chi connectivity index (χ3v) is 2.20. The van der Waals surface area contributed by atoms with Gasteiger partial charge >= 0.3 is 0 Å². The van der Waals surface area contributed by atoms with Gasteiger partial charge in [0.2, 0.25) is 0 Å². The second-order valence-corrected chi connectivity index (χ2v) is 3.56. The Balaban J connectivity index is 2.26. The number of hydrogen-bond donors (Lipinski definition) is 1. The first-order valence-electron chi connectivity index (χ1n) is 4.16. The predicted molar refractivity (Wildman–Crippen MR) is 57.6 cm³/mol. The highest BCUT2D eigenvalue weighted by Gasteiger charge is 1.96.